The molecule has 26 heavy (non-hydrogen) atoms. The van der Waals surface area contributed by atoms with E-state index in [1.165, 1.54) is 13.2 Å². The van der Waals surface area contributed by atoms with Gasteiger partial charge in [-0.25, -0.2) is 4.39 Å². The molecule has 140 valence electrons. The van der Waals surface area contributed by atoms with Crippen LogP contribution in [-0.4, -0.2) is 25.3 Å². The zero-order valence-electron chi connectivity index (χ0n) is 15.5. The second kappa shape index (κ2) is 7.23. The Morgan fingerprint density at radius 2 is 2.23 bits per heavy atom. The molecule has 1 fully saturated rings. The maximum atomic E-state index is 14.4. The Labute approximate surface area is 153 Å². The lowest BCUT2D eigenvalue weighted by Gasteiger charge is -2.39. The van der Waals surface area contributed by atoms with Crippen molar-refractivity contribution in [3.8, 4) is 5.75 Å². The minimum atomic E-state index is -0.706. The van der Waals surface area contributed by atoms with E-state index in [1.807, 2.05) is 13.8 Å². The van der Waals surface area contributed by atoms with E-state index in [-0.39, 0.29) is 36.1 Å². The van der Waals surface area contributed by atoms with Gasteiger partial charge in [0.1, 0.15) is 22.9 Å². The van der Waals surface area contributed by atoms with E-state index in [9.17, 15) is 9.18 Å². The Morgan fingerprint density at radius 1 is 1.46 bits per heavy atom. The Morgan fingerprint density at radius 3 is 2.88 bits per heavy atom. The summed E-state index contributed by atoms with van der Waals surface area (Å²) in [5.74, 6) is 0.549. The van der Waals surface area contributed by atoms with Crippen LogP contribution in [0, 0.1) is 23.6 Å². The molecule has 1 aromatic rings. The minimum Gasteiger partial charge on any atom is -0.497 e. The molecule has 4 atom stereocenters. The average Bonchev–Trinajstić information content (AvgIpc) is 3.05. The van der Waals surface area contributed by atoms with Crippen LogP contribution >= 0.6 is 0 Å². The molecule has 1 heterocycles. The third kappa shape index (κ3) is 3.16. The zero-order valence-corrected chi connectivity index (χ0v) is 15.5. The number of ketones is 1. The molecule has 0 amide bonds. The number of fused-ring (bicyclic) bond motifs is 1. The van der Waals surface area contributed by atoms with Gasteiger partial charge in [-0.3, -0.25) is 4.79 Å². The van der Waals surface area contributed by atoms with Crippen LogP contribution in [0.3, 0.4) is 0 Å². The number of halogens is 1. The maximum Gasteiger partial charge on any atom is 0.189 e. The predicted molar refractivity (Wildman–Crippen MR) is 96.1 cm³/mol. The molecular formula is C21H25FO4. The highest BCUT2D eigenvalue weighted by molar-refractivity contribution is 5.94. The van der Waals surface area contributed by atoms with Crippen molar-refractivity contribution in [2.75, 3.05) is 13.9 Å². The molecule has 0 bridgehead atoms. The van der Waals surface area contributed by atoms with Gasteiger partial charge in [0.2, 0.25) is 0 Å². The van der Waals surface area contributed by atoms with Gasteiger partial charge in [0, 0.05) is 18.1 Å². The molecule has 0 radical (unpaired) electrons. The Balaban J connectivity index is 1.89. The van der Waals surface area contributed by atoms with E-state index in [4.69, 9.17) is 14.2 Å². The van der Waals surface area contributed by atoms with E-state index in [0.29, 0.717) is 29.9 Å². The number of benzene rings is 1. The molecular weight excluding hydrogens is 335 g/mol. The van der Waals surface area contributed by atoms with E-state index in [0.717, 1.165) is 0 Å². The van der Waals surface area contributed by atoms with Crippen LogP contribution in [0.5, 0.6) is 5.75 Å². The lowest BCUT2D eigenvalue weighted by atomic mass is 9.69. The third-order valence-corrected chi connectivity index (χ3v) is 5.70. The SMILES string of the molecule is C=CC(C)C1C[C@]2([C@@H](C)Cc3ccc(OC)cc3F)OCOC2=CC1=O. The van der Waals surface area contributed by atoms with Gasteiger partial charge in [-0.15, -0.1) is 6.58 Å². The number of allylic oxidation sites excluding steroid dienone is 2. The van der Waals surface area contributed by atoms with Crippen molar-refractivity contribution in [3.05, 3.63) is 54.1 Å². The highest BCUT2D eigenvalue weighted by atomic mass is 19.1. The fourth-order valence-electron chi connectivity index (χ4n) is 3.89. The molecule has 2 aliphatic rings. The number of carbonyl (C=O) groups is 1. The van der Waals surface area contributed by atoms with E-state index < -0.39 is 5.60 Å². The predicted octanol–water partition coefficient (Wildman–Crippen LogP) is 4.05. The first kappa shape index (κ1) is 18.6. The van der Waals surface area contributed by atoms with Gasteiger partial charge in [0.05, 0.1) is 7.11 Å². The topological polar surface area (TPSA) is 44.8 Å². The minimum absolute atomic E-state index is 0.0336. The van der Waals surface area contributed by atoms with Crippen molar-refractivity contribution in [1.82, 2.24) is 0 Å². The van der Waals surface area contributed by atoms with Gasteiger partial charge in [-0.1, -0.05) is 26.0 Å². The van der Waals surface area contributed by atoms with E-state index in [1.54, 1.807) is 24.3 Å². The molecule has 1 saturated heterocycles. The molecule has 1 aliphatic carbocycles. The van der Waals surface area contributed by atoms with Crippen LogP contribution in [-0.2, 0) is 20.7 Å². The van der Waals surface area contributed by atoms with Crippen LogP contribution in [0.1, 0.15) is 25.8 Å². The number of hydrogen-bond acceptors (Lipinski definition) is 4. The van der Waals surface area contributed by atoms with Crippen molar-refractivity contribution in [1.29, 1.82) is 0 Å². The fraction of sp³-hybridized carbons (Fsp3) is 0.476. The molecule has 4 nitrogen and oxygen atoms in total. The Kier molecular flexibility index (Phi) is 5.19. The lowest BCUT2D eigenvalue weighted by molar-refractivity contribution is -0.124. The number of ether oxygens (including phenoxy) is 3. The summed E-state index contributed by atoms with van der Waals surface area (Å²) in [5, 5.41) is 0. The van der Waals surface area contributed by atoms with Crippen LogP contribution < -0.4 is 4.74 Å². The molecule has 2 unspecified atom stereocenters. The summed E-state index contributed by atoms with van der Waals surface area (Å²) >= 11 is 0. The second-order valence-electron chi connectivity index (χ2n) is 7.17. The van der Waals surface area contributed by atoms with Crippen LogP contribution in [0.4, 0.5) is 4.39 Å². The van der Waals surface area contributed by atoms with Gasteiger partial charge in [0.25, 0.3) is 0 Å². The standard InChI is InChI=1S/C21H25FO4/c1-5-13(2)17-11-21(20(10-19(17)23)25-12-26-21)14(3)8-15-6-7-16(24-4)9-18(15)22/h5-7,9-10,13-14,17H,1,8,11-12H2,2-4H3/t13?,14-,17?,21+/m0/s1. The summed E-state index contributed by atoms with van der Waals surface area (Å²) in [6.45, 7) is 7.92. The van der Waals surface area contributed by atoms with E-state index >= 15 is 0 Å². The Bertz CT molecular complexity index is 742. The molecule has 0 N–H and O–H groups in total. The Hall–Kier alpha value is -2.14. The maximum absolute atomic E-state index is 14.4. The van der Waals surface area contributed by atoms with Crippen molar-refractivity contribution < 1.29 is 23.4 Å². The summed E-state index contributed by atoms with van der Waals surface area (Å²) in [5.41, 5.74) is -0.116. The molecule has 1 aromatic carbocycles. The highest BCUT2D eigenvalue weighted by Crippen LogP contribution is 2.47. The smallest absolute Gasteiger partial charge is 0.189 e. The number of hydrogen-bond donors (Lipinski definition) is 0. The largest absolute Gasteiger partial charge is 0.497 e. The van der Waals surface area contributed by atoms with Crippen molar-refractivity contribution in [2.45, 2.75) is 32.3 Å². The van der Waals surface area contributed by atoms with Gasteiger partial charge < -0.3 is 14.2 Å². The molecule has 0 spiro atoms. The molecule has 1 aliphatic heterocycles. The highest BCUT2D eigenvalue weighted by Gasteiger charge is 2.52. The monoisotopic (exact) mass is 360 g/mol. The second-order valence-corrected chi connectivity index (χ2v) is 7.17. The first-order chi connectivity index (χ1) is 12.4. The van der Waals surface area contributed by atoms with Gasteiger partial charge in [0.15, 0.2) is 12.6 Å². The number of methoxy groups -OCH3 is 1. The first-order valence-corrected chi connectivity index (χ1v) is 8.89. The van der Waals surface area contributed by atoms with Crippen molar-refractivity contribution in [3.63, 3.8) is 0 Å². The molecule has 3 rings (SSSR count). The molecule has 0 saturated carbocycles. The summed E-state index contributed by atoms with van der Waals surface area (Å²) in [7, 11) is 1.51. The summed E-state index contributed by atoms with van der Waals surface area (Å²) in [4.78, 5) is 12.5. The fourth-order valence-corrected chi connectivity index (χ4v) is 3.89. The quantitative estimate of drug-likeness (QED) is 0.718. The normalized spacial score (nSPS) is 27.2. The molecule has 0 aromatic heterocycles. The van der Waals surface area contributed by atoms with Crippen LogP contribution in [0.2, 0.25) is 0 Å². The first-order valence-electron chi connectivity index (χ1n) is 8.89. The van der Waals surface area contributed by atoms with Crippen LogP contribution in [0.15, 0.2) is 42.7 Å². The van der Waals surface area contributed by atoms with Gasteiger partial charge >= 0.3 is 0 Å². The van der Waals surface area contributed by atoms with Gasteiger partial charge in [-0.2, -0.15) is 0 Å². The van der Waals surface area contributed by atoms with Crippen molar-refractivity contribution >= 4 is 5.78 Å². The number of carbonyl (C=O) groups excluding carboxylic acids is 1. The number of rotatable bonds is 6. The third-order valence-electron chi connectivity index (χ3n) is 5.70. The summed E-state index contributed by atoms with van der Waals surface area (Å²) in [6, 6.07) is 4.87. The average molecular weight is 360 g/mol. The molecule has 5 heteroatoms. The summed E-state index contributed by atoms with van der Waals surface area (Å²) < 4.78 is 31.1. The van der Waals surface area contributed by atoms with Crippen LogP contribution in [0.25, 0.3) is 0 Å². The van der Waals surface area contributed by atoms with E-state index in [2.05, 4.69) is 6.58 Å². The van der Waals surface area contributed by atoms with Crippen molar-refractivity contribution in [2.24, 2.45) is 17.8 Å². The lowest BCUT2D eigenvalue weighted by Crippen LogP contribution is -2.46. The summed E-state index contributed by atoms with van der Waals surface area (Å²) in [6.07, 6.45) is 4.34. The van der Waals surface area contributed by atoms with Gasteiger partial charge in [-0.05, 0) is 36.3 Å². The zero-order chi connectivity index (χ0) is 18.9.